The van der Waals surface area contributed by atoms with Gasteiger partial charge in [0, 0.05) is 23.8 Å². The van der Waals surface area contributed by atoms with Crippen LogP contribution < -0.4 is 0 Å². The van der Waals surface area contributed by atoms with Gasteiger partial charge < -0.3 is 9.84 Å². The number of amides is 1. The van der Waals surface area contributed by atoms with Gasteiger partial charge in [-0.1, -0.05) is 0 Å². The molecule has 0 aliphatic rings. The van der Waals surface area contributed by atoms with Gasteiger partial charge in [0.2, 0.25) is 0 Å². The van der Waals surface area contributed by atoms with Gasteiger partial charge in [-0.25, -0.2) is 4.79 Å². The molecule has 0 radical (unpaired) electrons. The van der Waals surface area contributed by atoms with Gasteiger partial charge in [0.25, 0.3) is 0 Å². The van der Waals surface area contributed by atoms with Crippen molar-refractivity contribution in [3.63, 3.8) is 0 Å². The van der Waals surface area contributed by atoms with Gasteiger partial charge in [-0.05, 0) is 32.9 Å². The van der Waals surface area contributed by atoms with Crippen LogP contribution in [0, 0.1) is 0 Å². The first-order valence-electron chi connectivity index (χ1n) is 6.04. The molecule has 1 aromatic heterocycles. The number of hydrogen-bond donors (Lipinski definition) is 1. The second-order valence-corrected chi connectivity index (χ2v) is 5.94. The minimum absolute atomic E-state index is 0.0872. The van der Waals surface area contributed by atoms with Gasteiger partial charge in [-0.15, -0.1) is 11.8 Å². The lowest BCUT2D eigenvalue weighted by atomic mass is 10.2. The SMILES string of the molecule is CC(C)(C)OC(=O)N(CCO)CSc1ccncc1. The van der Waals surface area contributed by atoms with Crippen LogP contribution in [-0.2, 0) is 4.74 Å². The molecular weight excluding hydrogens is 264 g/mol. The summed E-state index contributed by atoms with van der Waals surface area (Å²) in [5, 5.41) is 9.01. The Bertz CT molecular complexity index is 393. The molecule has 0 aliphatic heterocycles. The highest BCUT2D eigenvalue weighted by molar-refractivity contribution is 7.99. The minimum Gasteiger partial charge on any atom is -0.444 e. The molecule has 1 N–H and O–H groups in total. The molecule has 0 saturated carbocycles. The Kier molecular flexibility index (Phi) is 6.11. The van der Waals surface area contributed by atoms with Crippen LogP contribution in [0.25, 0.3) is 0 Å². The Morgan fingerprint density at radius 2 is 2.05 bits per heavy atom. The highest BCUT2D eigenvalue weighted by Gasteiger charge is 2.21. The van der Waals surface area contributed by atoms with E-state index in [2.05, 4.69) is 4.98 Å². The summed E-state index contributed by atoms with van der Waals surface area (Å²) < 4.78 is 5.29. The van der Waals surface area contributed by atoms with Crippen molar-refractivity contribution >= 4 is 17.9 Å². The maximum Gasteiger partial charge on any atom is 0.411 e. The summed E-state index contributed by atoms with van der Waals surface area (Å²) in [5.41, 5.74) is -0.536. The van der Waals surface area contributed by atoms with Crippen LogP contribution in [0.2, 0.25) is 0 Å². The number of thioether (sulfide) groups is 1. The van der Waals surface area contributed by atoms with E-state index in [0.29, 0.717) is 5.88 Å². The Hall–Kier alpha value is -1.27. The Labute approximate surface area is 118 Å². The van der Waals surface area contributed by atoms with Crippen molar-refractivity contribution < 1.29 is 14.6 Å². The number of aliphatic hydroxyl groups is 1. The number of hydrogen-bond acceptors (Lipinski definition) is 5. The number of pyridine rings is 1. The topological polar surface area (TPSA) is 62.7 Å². The zero-order chi connectivity index (χ0) is 14.3. The molecule has 1 aromatic rings. The molecule has 5 nitrogen and oxygen atoms in total. The summed E-state index contributed by atoms with van der Waals surface area (Å²) in [5.74, 6) is 0.430. The second-order valence-electron chi connectivity index (χ2n) is 4.92. The van der Waals surface area contributed by atoms with Crippen LogP contribution >= 0.6 is 11.8 Å². The molecule has 0 spiro atoms. The number of nitrogens with zero attached hydrogens (tertiary/aromatic N) is 2. The average Bonchev–Trinajstić information content (AvgIpc) is 2.33. The van der Waals surface area contributed by atoms with Crippen molar-refractivity contribution in [2.24, 2.45) is 0 Å². The first-order valence-corrected chi connectivity index (χ1v) is 7.02. The molecule has 0 bridgehead atoms. The number of carbonyl (C=O) groups is 1. The van der Waals surface area contributed by atoms with E-state index in [1.165, 1.54) is 16.7 Å². The molecule has 1 amide bonds. The molecule has 0 aliphatic carbocycles. The van der Waals surface area contributed by atoms with Gasteiger partial charge >= 0.3 is 6.09 Å². The van der Waals surface area contributed by atoms with Crippen LogP contribution in [0.1, 0.15) is 20.8 Å². The first kappa shape index (κ1) is 15.8. The molecule has 1 heterocycles. The van der Waals surface area contributed by atoms with E-state index in [1.807, 2.05) is 32.9 Å². The fourth-order valence-electron chi connectivity index (χ4n) is 1.24. The maximum atomic E-state index is 11.9. The maximum absolute atomic E-state index is 11.9. The summed E-state index contributed by atoms with van der Waals surface area (Å²) in [7, 11) is 0. The van der Waals surface area contributed by atoms with Gasteiger partial charge in [0.05, 0.1) is 12.5 Å². The number of aliphatic hydroxyl groups excluding tert-OH is 1. The fraction of sp³-hybridized carbons (Fsp3) is 0.538. The van der Waals surface area contributed by atoms with E-state index in [4.69, 9.17) is 9.84 Å². The summed E-state index contributed by atoms with van der Waals surface area (Å²) in [6.45, 7) is 5.62. The molecule has 6 heteroatoms. The highest BCUT2D eigenvalue weighted by Crippen LogP contribution is 2.19. The molecule has 0 aromatic carbocycles. The number of aromatic nitrogens is 1. The summed E-state index contributed by atoms with van der Waals surface area (Å²) >= 11 is 1.50. The zero-order valence-corrected chi connectivity index (χ0v) is 12.3. The fourth-order valence-corrected chi connectivity index (χ4v) is 2.10. The third-order valence-corrected chi connectivity index (χ3v) is 3.10. The summed E-state index contributed by atoms with van der Waals surface area (Å²) in [6, 6.07) is 3.74. The smallest absolute Gasteiger partial charge is 0.411 e. The molecule has 0 unspecified atom stereocenters. The van der Waals surface area contributed by atoms with E-state index >= 15 is 0 Å². The largest absolute Gasteiger partial charge is 0.444 e. The normalized spacial score (nSPS) is 11.2. The molecular formula is C13H20N2O3S. The number of ether oxygens (including phenoxy) is 1. The van der Waals surface area contributed by atoms with Crippen LogP contribution in [0.3, 0.4) is 0 Å². The van der Waals surface area contributed by atoms with E-state index in [9.17, 15) is 4.79 Å². The lowest BCUT2D eigenvalue weighted by molar-refractivity contribution is 0.0259. The number of carbonyl (C=O) groups excluding carboxylic acids is 1. The monoisotopic (exact) mass is 284 g/mol. The van der Waals surface area contributed by atoms with E-state index < -0.39 is 11.7 Å². The minimum atomic E-state index is -0.536. The predicted molar refractivity (Wildman–Crippen MR) is 75.0 cm³/mol. The zero-order valence-electron chi connectivity index (χ0n) is 11.5. The van der Waals surface area contributed by atoms with Crippen LogP contribution in [0.4, 0.5) is 4.79 Å². The predicted octanol–water partition coefficient (Wildman–Crippen LogP) is 2.36. The summed E-state index contributed by atoms with van der Waals surface area (Å²) in [4.78, 5) is 18.4. The molecule has 19 heavy (non-hydrogen) atoms. The Morgan fingerprint density at radius 3 is 2.58 bits per heavy atom. The van der Waals surface area contributed by atoms with E-state index in [-0.39, 0.29) is 13.2 Å². The van der Waals surface area contributed by atoms with Crippen molar-refractivity contribution in [1.29, 1.82) is 0 Å². The molecule has 0 fully saturated rings. The average molecular weight is 284 g/mol. The van der Waals surface area contributed by atoms with E-state index in [0.717, 1.165) is 4.90 Å². The van der Waals surface area contributed by atoms with Crippen molar-refractivity contribution in [2.45, 2.75) is 31.3 Å². The van der Waals surface area contributed by atoms with Crippen LogP contribution in [0.15, 0.2) is 29.4 Å². The standard InChI is InChI=1S/C13H20N2O3S/c1-13(2,3)18-12(17)15(8-9-16)10-19-11-4-6-14-7-5-11/h4-7,16H,8-10H2,1-3H3. The number of rotatable bonds is 5. The van der Waals surface area contributed by atoms with Crippen molar-refractivity contribution in [3.05, 3.63) is 24.5 Å². The van der Waals surface area contributed by atoms with Crippen LogP contribution in [0.5, 0.6) is 0 Å². The van der Waals surface area contributed by atoms with Gasteiger partial charge in [0.15, 0.2) is 0 Å². The lowest BCUT2D eigenvalue weighted by Gasteiger charge is -2.26. The van der Waals surface area contributed by atoms with Crippen LogP contribution in [-0.4, -0.2) is 45.7 Å². The molecule has 1 rings (SSSR count). The molecule has 0 saturated heterocycles. The second kappa shape index (κ2) is 7.35. The van der Waals surface area contributed by atoms with Crippen molar-refractivity contribution in [1.82, 2.24) is 9.88 Å². The first-order chi connectivity index (χ1) is 8.92. The highest BCUT2D eigenvalue weighted by atomic mass is 32.2. The van der Waals surface area contributed by atoms with Crippen molar-refractivity contribution in [2.75, 3.05) is 19.0 Å². The molecule has 106 valence electrons. The lowest BCUT2D eigenvalue weighted by Crippen LogP contribution is -2.38. The Balaban J connectivity index is 2.55. The van der Waals surface area contributed by atoms with Gasteiger partial charge in [0.1, 0.15) is 5.60 Å². The summed E-state index contributed by atoms with van der Waals surface area (Å²) in [6.07, 6.45) is 2.99. The quantitative estimate of drug-likeness (QED) is 0.664. The third-order valence-electron chi connectivity index (χ3n) is 2.06. The van der Waals surface area contributed by atoms with Gasteiger partial charge in [-0.2, -0.15) is 0 Å². The third kappa shape index (κ3) is 6.45. The molecule has 0 atom stereocenters. The van der Waals surface area contributed by atoms with E-state index in [1.54, 1.807) is 12.4 Å². The Morgan fingerprint density at radius 1 is 1.42 bits per heavy atom. The van der Waals surface area contributed by atoms with Crippen molar-refractivity contribution in [3.8, 4) is 0 Å². The van der Waals surface area contributed by atoms with Gasteiger partial charge in [-0.3, -0.25) is 9.88 Å².